The average molecular weight is 300 g/mol. The molecule has 1 nitrogen and oxygen atoms in total. The summed E-state index contributed by atoms with van der Waals surface area (Å²) in [6, 6.07) is 6.23. The second-order valence-corrected chi connectivity index (χ2v) is 7.11. The number of rotatable bonds is 3. The standard InChI is InChI=1S/C16H23Cl2N/c1-10(2)15-5-4-11(3)6-16(15)19-14-8-12(17)7-13(18)9-14/h7-11,15-16,19H,4-6H2,1-3H3. The SMILES string of the molecule is CC1CCC(C(C)C)C(Nc2cc(Cl)cc(Cl)c2)C1. The van der Waals surface area contributed by atoms with Gasteiger partial charge in [0.05, 0.1) is 0 Å². The van der Waals surface area contributed by atoms with Crippen molar-refractivity contribution in [1.29, 1.82) is 0 Å². The van der Waals surface area contributed by atoms with Gasteiger partial charge in [-0.25, -0.2) is 0 Å². The van der Waals surface area contributed by atoms with Crippen LogP contribution >= 0.6 is 23.2 Å². The molecule has 0 saturated heterocycles. The van der Waals surface area contributed by atoms with Crippen molar-refractivity contribution in [2.75, 3.05) is 5.32 Å². The third-order valence-corrected chi connectivity index (χ3v) is 4.67. The minimum atomic E-state index is 0.526. The number of anilines is 1. The molecule has 0 aliphatic heterocycles. The largest absolute Gasteiger partial charge is 0.382 e. The molecule has 1 fully saturated rings. The molecule has 1 aromatic rings. The third kappa shape index (κ3) is 4.03. The summed E-state index contributed by atoms with van der Waals surface area (Å²) in [6.45, 7) is 6.98. The summed E-state index contributed by atoms with van der Waals surface area (Å²) in [6.07, 6.45) is 3.88. The van der Waals surface area contributed by atoms with Crippen LogP contribution in [0.1, 0.15) is 40.0 Å². The molecule has 106 valence electrons. The summed E-state index contributed by atoms with van der Waals surface area (Å²) in [5.41, 5.74) is 1.04. The summed E-state index contributed by atoms with van der Waals surface area (Å²) in [5.74, 6) is 2.23. The average Bonchev–Trinajstić information content (AvgIpc) is 2.26. The minimum absolute atomic E-state index is 0.526. The summed E-state index contributed by atoms with van der Waals surface area (Å²) in [7, 11) is 0. The van der Waals surface area contributed by atoms with Crippen LogP contribution in [-0.2, 0) is 0 Å². The zero-order chi connectivity index (χ0) is 14.0. The van der Waals surface area contributed by atoms with Gasteiger partial charge in [0.15, 0.2) is 0 Å². The van der Waals surface area contributed by atoms with Crippen molar-refractivity contribution >= 4 is 28.9 Å². The van der Waals surface area contributed by atoms with Crippen LogP contribution in [0.3, 0.4) is 0 Å². The molecule has 0 radical (unpaired) electrons. The highest BCUT2D eigenvalue weighted by Crippen LogP contribution is 2.36. The van der Waals surface area contributed by atoms with Crippen molar-refractivity contribution in [3.05, 3.63) is 28.2 Å². The smallest absolute Gasteiger partial charge is 0.0441 e. The highest BCUT2D eigenvalue weighted by atomic mass is 35.5. The minimum Gasteiger partial charge on any atom is -0.382 e. The van der Waals surface area contributed by atoms with Gasteiger partial charge in [-0.2, -0.15) is 0 Å². The summed E-state index contributed by atoms with van der Waals surface area (Å²) < 4.78 is 0. The summed E-state index contributed by atoms with van der Waals surface area (Å²) in [5, 5.41) is 5.04. The number of hydrogen-bond acceptors (Lipinski definition) is 1. The maximum atomic E-state index is 6.07. The molecular formula is C16H23Cl2N. The lowest BCUT2D eigenvalue weighted by Gasteiger charge is -2.38. The Morgan fingerprint density at radius 1 is 1.11 bits per heavy atom. The van der Waals surface area contributed by atoms with Gasteiger partial charge in [-0.3, -0.25) is 0 Å². The molecule has 0 amide bonds. The Balaban J connectivity index is 2.13. The molecule has 3 unspecified atom stereocenters. The van der Waals surface area contributed by atoms with Crippen molar-refractivity contribution in [3.8, 4) is 0 Å². The first-order chi connectivity index (χ1) is 8.95. The van der Waals surface area contributed by atoms with E-state index in [9.17, 15) is 0 Å². The van der Waals surface area contributed by atoms with Gasteiger partial charge in [0.1, 0.15) is 0 Å². The van der Waals surface area contributed by atoms with Gasteiger partial charge >= 0.3 is 0 Å². The molecular weight excluding hydrogens is 277 g/mol. The van der Waals surface area contributed by atoms with E-state index in [-0.39, 0.29) is 0 Å². The number of benzene rings is 1. The number of halogens is 2. The third-order valence-electron chi connectivity index (χ3n) is 4.24. The van der Waals surface area contributed by atoms with Gasteiger partial charge in [0.2, 0.25) is 0 Å². The van der Waals surface area contributed by atoms with Crippen molar-refractivity contribution < 1.29 is 0 Å². The molecule has 1 aliphatic carbocycles. The quantitative estimate of drug-likeness (QED) is 0.736. The lowest BCUT2D eigenvalue weighted by atomic mass is 9.74. The molecule has 0 heterocycles. The van der Waals surface area contributed by atoms with Crippen LogP contribution < -0.4 is 5.32 Å². The highest BCUT2D eigenvalue weighted by Gasteiger charge is 2.30. The normalized spacial score (nSPS) is 27.6. The Kier molecular flexibility index (Phi) is 5.03. The zero-order valence-corrected chi connectivity index (χ0v) is 13.4. The van der Waals surface area contributed by atoms with E-state index in [1.54, 1.807) is 6.07 Å². The molecule has 3 atom stereocenters. The van der Waals surface area contributed by atoms with Crippen LogP contribution in [0.2, 0.25) is 10.0 Å². The maximum Gasteiger partial charge on any atom is 0.0441 e. The van der Waals surface area contributed by atoms with Crippen molar-refractivity contribution in [2.45, 2.75) is 46.1 Å². The Morgan fingerprint density at radius 3 is 2.32 bits per heavy atom. The van der Waals surface area contributed by atoms with Crippen LogP contribution in [-0.4, -0.2) is 6.04 Å². The Bertz CT molecular complexity index is 411. The first-order valence-electron chi connectivity index (χ1n) is 7.18. The molecule has 0 aromatic heterocycles. The van der Waals surface area contributed by atoms with Crippen LogP contribution in [0.15, 0.2) is 18.2 Å². The van der Waals surface area contributed by atoms with Crippen LogP contribution in [0, 0.1) is 17.8 Å². The number of hydrogen-bond donors (Lipinski definition) is 1. The van der Waals surface area contributed by atoms with E-state index in [4.69, 9.17) is 23.2 Å². The van der Waals surface area contributed by atoms with Gasteiger partial charge in [-0.05, 0) is 48.8 Å². The molecule has 0 spiro atoms. The van der Waals surface area contributed by atoms with Crippen molar-refractivity contribution in [1.82, 2.24) is 0 Å². The lowest BCUT2D eigenvalue weighted by molar-refractivity contribution is 0.212. The Morgan fingerprint density at radius 2 is 1.74 bits per heavy atom. The first kappa shape index (κ1) is 15.0. The molecule has 1 N–H and O–H groups in total. The van der Waals surface area contributed by atoms with Gasteiger partial charge < -0.3 is 5.32 Å². The van der Waals surface area contributed by atoms with E-state index >= 15 is 0 Å². The fourth-order valence-corrected chi connectivity index (χ4v) is 3.75. The van der Waals surface area contributed by atoms with E-state index in [2.05, 4.69) is 26.1 Å². The first-order valence-corrected chi connectivity index (χ1v) is 7.94. The van der Waals surface area contributed by atoms with Crippen LogP contribution in [0.25, 0.3) is 0 Å². The fraction of sp³-hybridized carbons (Fsp3) is 0.625. The predicted octanol–water partition coefficient (Wildman–Crippen LogP) is 5.87. The van der Waals surface area contributed by atoms with Crippen LogP contribution in [0.5, 0.6) is 0 Å². The van der Waals surface area contributed by atoms with E-state index in [0.29, 0.717) is 22.0 Å². The predicted molar refractivity (Wildman–Crippen MR) is 85.2 cm³/mol. The Labute approximate surface area is 126 Å². The summed E-state index contributed by atoms with van der Waals surface area (Å²) in [4.78, 5) is 0. The van der Waals surface area contributed by atoms with E-state index in [1.807, 2.05) is 12.1 Å². The van der Waals surface area contributed by atoms with Crippen molar-refractivity contribution in [3.63, 3.8) is 0 Å². The van der Waals surface area contributed by atoms with Gasteiger partial charge in [0.25, 0.3) is 0 Å². The molecule has 1 aliphatic rings. The van der Waals surface area contributed by atoms with E-state index in [1.165, 1.54) is 19.3 Å². The van der Waals surface area contributed by atoms with E-state index < -0.39 is 0 Å². The van der Waals surface area contributed by atoms with Gasteiger partial charge in [-0.1, -0.05) is 50.4 Å². The second-order valence-electron chi connectivity index (χ2n) is 6.24. The van der Waals surface area contributed by atoms with Crippen LogP contribution in [0.4, 0.5) is 5.69 Å². The topological polar surface area (TPSA) is 12.0 Å². The monoisotopic (exact) mass is 299 g/mol. The molecule has 1 aromatic carbocycles. The molecule has 0 bridgehead atoms. The molecule has 1 saturated carbocycles. The lowest BCUT2D eigenvalue weighted by Crippen LogP contribution is -2.37. The van der Waals surface area contributed by atoms with Gasteiger partial charge in [-0.15, -0.1) is 0 Å². The highest BCUT2D eigenvalue weighted by molar-refractivity contribution is 6.35. The molecule has 3 heteroatoms. The maximum absolute atomic E-state index is 6.07. The van der Waals surface area contributed by atoms with Crippen molar-refractivity contribution in [2.24, 2.45) is 17.8 Å². The molecule has 2 rings (SSSR count). The molecule has 19 heavy (non-hydrogen) atoms. The zero-order valence-electron chi connectivity index (χ0n) is 11.9. The summed E-state index contributed by atoms with van der Waals surface area (Å²) >= 11 is 12.1. The number of nitrogens with one attached hydrogen (secondary N) is 1. The fourth-order valence-electron chi connectivity index (χ4n) is 3.22. The van der Waals surface area contributed by atoms with Gasteiger partial charge in [0, 0.05) is 21.8 Å². The van der Waals surface area contributed by atoms with E-state index in [0.717, 1.165) is 17.5 Å². The Hall–Kier alpha value is -0.400. The second kappa shape index (κ2) is 6.37.